The van der Waals surface area contributed by atoms with Gasteiger partial charge >= 0.3 is 5.97 Å². The number of likely N-dealkylation sites (tertiary alicyclic amines) is 1. The van der Waals surface area contributed by atoms with Crippen molar-refractivity contribution in [3.8, 4) is 0 Å². The third-order valence-electron chi connectivity index (χ3n) is 3.19. The summed E-state index contributed by atoms with van der Waals surface area (Å²) in [5.41, 5.74) is 6.08. The first-order chi connectivity index (χ1) is 8.99. The lowest BCUT2D eigenvalue weighted by molar-refractivity contribution is -0.143. The first-order valence-electron chi connectivity index (χ1n) is 6.22. The molecule has 0 aromatic carbocycles. The fourth-order valence-corrected chi connectivity index (χ4v) is 2.87. The molecule has 1 fully saturated rings. The minimum absolute atomic E-state index is 0.195. The summed E-state index contributed by atoms with van der Waals surface area (Å²) in [6.07, 6.45) is 1.34. The van der Waals surface area contributed by atoms with Crippen LogP contribution < -0.4 is 5.73 Å². The summed E-state index contributed by atoms with van der Waals surface area (Å²) >= 11 is 1.36. The lowest BCUT2D eigenvalue weighted by Crippen LogP contribution is -2.42. The topological polar surface area (TPSA) is 96.5 Å². The van der Waals surface area contributed by atoms with Crippen molar-refractivity contribution in [2.24, 2.45) is 11.7 Å². The fourth-order valence-electron chi connectivity index (χ4n) is 2.12. The molecule has 104 valence electrons. The molecule has 19 heavy (non-hydrogen) atoms. The van der Waals surface area contributed by atoms with Crippen molar-refractivity contribution in [2.75, 3.05) is 13.1 Å². The van der Waals surface area contributed by atoms with Crippen LogP contribution in [-0.2, 0) is 4.79 Å². The number of carbonyl (C=O) groups excluding carboxylic acids is 1. The van der Waals surface area contributed by atoms with Crippen LogP contribution in [-0.4, -0.2) is 40.0 Å². The van der Waals surface area contributed by atoms with Gasteiger partial charge in [-0.15, -0.1) is 11.3 Å². The molecule has 0 radical (unpaired) electrons. The van der Waals surface area contributed by atoms with E-state index < -0.39 is 11.9 Å². The number of carboxylic acids is 1. The van der Waals surface area contributed by atoms with Gasteiger partial charge in [0, 0.05) is 18.5 Å². The van der Waals surface area contributed by atoms with Crippen molar-refractivity contribution >= 4 is 23.2 Å². The van der Waals surface area contributed by atoms with E-state index in [2.05, 4.69) is 4.98 Å². The van der Waals surface area contributed by atoms with Crippen molar-refractivity contribution < 1.29 is 14.7 Å². The van der Waals surface area contributed by atoms with Crippen molar-refractivity contribution in [1.82, 2.24) is 9.88 Å². The zero-order valence-corrected chi connectivity index (χ0v) is 11.5. The number of aromatic nitrogens is 1. The molecule has 1 saturated heterocycles. The van der Waals surface area contributed by atoms with Crippen LogP contribution in [0.15, 0.2) is 5.38 Å². The highest BCUT2D eigenvalue weighted by atomic mass is 32.1. The lowest BCUT2D eigenvalue weighted by atomic mass is 9.98. The van der Waals surface area contributed by atoms with Gasteiger partial charge in [0.25, 0.3) is 5.91 Å². The third-order valence-corrected chi connectivity index (χ3v) is 4.23. The molecule has 1 aliphatic heterocycles. The van der Waals surface area contributed by atoms with E-state index in [1.165, 1.54) is 11.3 Å². The molecule has 1 aromatic heterocycles. The molecule has 6 nitrogen and oxygen atoms in total. The Morgan fingerprint density at radius 1 is 1.63 bits per heavy atom. The van der Waals surface area contributed by atoms with Crippen LogP contribution in [0.4, 0.5) is 0 Å². The molecule has 2 atom stereocenters. The first-order valence-corrected chi connectivity index (χ1v) is 7.10. The van der Waals surface area contributed by atoms with Crippen molar-refractivity contribution in [2.45, 2.75) is 25.8 Å². The highest BCUT2D eigenvalue weighted by molar-refractivity contribution is 7.09. The second kappa shape index (κ2) is 5.66. The molecular formula is C12H17N3O3S. The van der Waals surface area contributed by atoms with Gasteiger partial charge in [-0.05, 0) is 19.8 Å². The molecule has 2 rings (SSSR count). The summed E-state index contributed by atoms with van der Waals surface area (Å²) in [5.74, 6) is -1.51. The highest BCUT2D eigenvalue weighted by Crippen LogP contribution is 2.21. The number of hydrogen-bond donors (Lipinski definition) is 2. The standard InChI is InChI=1S/C12H17N3O3S/c1-7(13)10-14-9(6-19-10)11(16)15-4-2-3-8(5-15)12(17)18/h6-8H,2-5,13H2,1H3,(H,17,18). The molecule has 0 spiro atoms. The van der Waals surface area contributed by atoms with Crippen molar-refractivity contribution in [3.05, 3.63) is 16.1 Å². The molecule has 2 unspecified atom stereocenters. The number of nitrogens with zero attached hydrogens (tertiary/aromatic N) is 2. The summed E-state index contributed by atoms with van der Waals surface area (Å²) in [6.45, 7) is 2.67. The Hall–Kier alpha value is -1.47. The van der Waals surface area contributed by atoms with E-state index in [0.717, 1.165) is 5.01 Å². The van der Waals surface area contributed by atoms with Crippen molar-refractivity contribution in [1.29, 1.82) is 0 Å². The maximum atomic E-state index is 12.2. The summed E-state index contributed by atoms with van der Waals surface area (Å²) in [6, 6.07) is -0.195. The summed E-state index contributed by atoms with van der Waals surface area (Å²) in [7, 11) is 0. The molecular weight excluding hydrogens is 266 g/mol. The van der Waals surface area contributed by atoms with Gasteiger partial charge in [-0.3, -0.25) is 9.59 Å². The Balaban J connectivity index is 2.08. The van der Waals surface area contributed by atoms with Gasteiger partial charge in [-0.1, -0.05) is 0 Å². The van der Waals surface area contributed by atoms with E-state index in [0.29, 0.717) is 25.1 Å². The Bertz CT molecular complexity index is 486. The van der Waals surface area contributed by atoms with Crippen LogP contribution in [0.25, 0.3) is 0 Å². The summed E-state index contributed by atoms with van der Waals surface area (Å²) in [4.78, 5) is 29.0. The number of piperidine rings is 1. The second-order valence-electron chi connectivity index (χ2n) is 4.79. The molecule has 7 heteroatoms. The van der Waals surface area contributed by atoms with Gasteiger partial charge in [-0.25, -0.2) is 4.98 Å². The lowest BCUT2D eigenvalue weighted by Gasteiger charge is -2.30. The maximum absolute atomic E-state index is 12.2. The average Bonchev–Trinajstić information content (AvgIpc) is 2.87. The van der Waals surface area contributed by atoms with Crippen LogP contribution in [0.5, 0.6) is 0 Å². The average molecular weight is 283 g/mol. The normalized spacial score (nSPS) is 21.2. The number of nitrogens with two attached hydrogens (primary N) is 1. The largest absolute Gasteiger partial charge is 0.481 e. The smallest absolute Gasteiger partial charge is 0.308 e. The highest BCUT2D eigenvalue weighted by Gasteiger charge is 2.29. The van der Waals surface area contributed by atoms with Crippen LogP contribution in [0, 0.1) is 5.92 Å². The second-order valence-corrected chi connectivity index (χ2v) is 5.68. The zero-order chi connectivity index (χ0) is 14.0. The van der Waals surface area contributed by atoms with E-state index in [-0.39, 0.29) is 18.5 Å². The SMILES string of the molecule is CC(N)c1nc(C(=O)N2CCCC(C(=O)O)C2)cs1. The fraction of sp³-hybridized carbons (Fsp3) is 0.583. The molecule has 0 saturated carbocycles. The first kappa shape index (κ1) is 14.0. The maximum Gasteiger partial charge on any atom is 0.308 e. The van der Waals surface area contributed by atoms with Crippen LogP contribution in [0.2, 0.25) is 0 Å². The number of carboxylic acid groups (broad SMARTS) is 1. The minimum Gasteiger partial charge on any atom is -0.481 e. The Labute approximate surface area is 115 Å². The molecule has 3 N–H and O–H groups in total. The zero-order valence-electron chi connectivity index (χ0n) is 10.7. The third kappa shape index (κ3) is 3.10. The number of carbonyl (C=O) groups is 2. The van der Waals surface area contributed by atoms with E-state index in [1.54, 1.807) is 10.3 Å². The predicted octanol–water partition coefficient (Wildman–Crippen LogP) is 1.10. The van der Waals surface area contributed by atoms with Gasteiger partial charge in [0.15, 0.2) is 0 Å². The van der Waals surface area contributed by atoms with E-state index >= 15 is 0 Å². The van der Waals surface area contributed by atoms with Crippen LogP contribution in [0.3, 0.4) is 0 Å². The van der Waals surface area contributed by atoms with Gasteiger partial charge in [0.2, 0.25) is 0 Å². The number of aliphatic carboxylic acids is 1. The summed E-state index contributed by atoms with van der Waals surface area (Å²) < 4.78 is 0. The molecule has 2 heterocycles. The number of rotatable bonds is 3. The summed E-state index contributed by atoms with van der Waals surface area (Å²) in [5, 5.41) is 11.4. The van der Waals surface area contributed by atoms with Crippen LogP contribution in [0.1, 0.15) is 41.3 Å². The molecule has 1 aliphatic rings. The van der Waals surface area contributed by atoms with Crippen LogP contribution >= 0.6 is 11.3 Å². The molecule has 0 aliphatic carbocycles. The minimum atomic E-state index is -0.841. The van der Waals surface area contributed by atoms with Gasteiger partial charge in [0.05, 0.1) is 12.0 Å². The Morgan fingerprint density at radius 3 is 2.95 bits per heavy atom. The monoisotopic (exact) mass is 283 g/mol. The van der Waals surface area contributed by atoms with E-state index in [1.807, 2.05) is 6.92 Å². The number of thiazole rings is 1. The molecule has 1 aromatic rings. The van der Waals surface area contributed by atoms with Gasteiger partial charge < -0.3 is 15.7 Å². The van der Waals surface area contributed by atoms with E-state index in [4.69, 9.17) is 10.8 Å². The predicted molar refractivity (Wildman–Crippen MR) is 71.0 cm³/mol. The molecule has 1 amide bonds. The van der Waals surface area contributed by atoms with E-state index in [9.17, 15) is 9.59 Å². The Morgan fingerprint density at radius 2 is 2.37 bits per heavy atom. The number of hydrogen-bond acceptors (Lipinski definition) is 5. The molecule has 0 bridgehead atoms. The van der Waals surface area contributed by atoms with Gasteiger partial charge in [0.1, 0.15) is 10.7 Å². The quantitative estimate of drug-likeness (QED) is 0.866. The Kier molecular flexibility index (Phi) is 4.16. The van der Waals surface area contributed by atoms with Crippen molar-refractivity contribution in [3.63, 3.8) is 0 Å². The van der Waals surface area contributed by atoms with Gasteiger partial charge in [-0.2, -0.15) is 0 Å². The number of amides is 1.